The molecule has 2 rings (SSSR count). The van der Waals surface area contributed by atoms with Crippen LogP contribution in [0.25, 0.3) is 0 Å². The van der Waals surface area contributed by atoms with E-state index in [0.717, 1.165) is 68.9 Å². The first-order valence-electron chi connectivity index (χ1n) is 9.52. The van der Waals surface area contributed by atoms with E-state index in [9.17, 15) is 4.79 Å². The molecule has 1 fully saturated rings. The van der Waals surface area contributed by atoms with Crippen LogP contribution in [0, 0.1) is 0 Å². The SMILES string of the molecule is CCCCOc1ccc(CNCCN2CCCCCC2=O)cc1OC. The molecule has 5 heteroatoms. The molecule has 1 heterocycles. The average molecular weight is 348 g/mol. The zero-order chi connectivity index (χ0) is 17.9. The summed E-state index contributed by atoms with van der Waals surface area (Å²) >= 11 is 0. The smallest absolute Gasteiger partial charge is 0.222 e. The largest absolute Gasteiger partial charge is 0.493 e. The van der Waals surface area contributed by atoms with Crippen LogP contribution in [-0.2, 0) is 11.3 Å². The summed E-state index contributed by atoms with van der Waals surface area (Å²) in [5, 5.41) is 3.42. The van der Waals surface area contributed by atoms with Crippen LogP contribution in [-0.4, -0.2) is 44.2 Å². The molecule has 1 aromatic carbocycles. The maximum atomic E-state index is 12.0. The third-order valence-electron chi connectivity index (χ3n) is 4.54. The van der Waals surface area contributed by atoms with Crippen LogP contribution < -0.4 is 14.8 Å². The predicted octanol–water partition coefficient (Wildman–Crippen LogP) is 3.37. The monoisotopic (exact) mass is 348 g/mol. The number of carbonyl (C=O) groups is 1. The number of ether oxygens (including phenoxy) is 2. The van der Waals surface area contributed by atoms with Gasteiger partial charge in [0.1, 0.15) is 0 Å². The van der Waals surface area contributed by atoms with E-state index in [-0.39, 0.29) is 0 Å². The molecule has 1 saturated heterocycles. The number of hydrogen-bond acceptors (Lipinski definition) is 4. The first kappa shape index (κ1) is 19.6. The van der Waals surface area contributed by atoms with Gasteiger partial charge in [-0.1, -0.05) is 25.8 Å². The lowest BCUT2D eigenvalue weighted by Crippen LogP contribution is -2.36. The molecule has 1 amide bonds. The van der Waals surface area contributed by atoms with Gasteiger partial charge in [0, 0.05) is 32.6 Å². The molecule has 0 radical (unpaired) electrons. The van der Waals surface area contributed by atoms with Crippen LogP contribution in [0.4, 0.5) is 0 Å². The van der Waals surface area contributed by atoms with Crippen LogP contribution in [0.1, 0.15) is 51.0 Å². The van der Waals surface area contributed by atoms with E-state index in [1.165, 1.54) is 6.42 Å². The summed E-state index contributed by atoms with van der Waals surface area (Å²) < 4.78 is 11.2. The summed E-state index contributed by atoms with van der Waals surface area (Å²) in [6.45, 7) is 6.12. The van der Waals surface area contributed by atoms with Crippen LogP contribution in [0.15, 0.2) is 18.2 Å². The van der Waals surface area contributed by atoms with Gasteiger partial charge < -0.3 is 19.7 Å². The van der Waals surface area contributed by atoms with Crippen molar-refractivity contribution < 1.29 is 14.3 Å². The van der Waals surface area contributed by atoms with Gasteiger partial charge in [-0.2, -0.15) is 0 Å². The molecule has 0 saturated carbocycles. The molecule has 1 aliphatic rings. The van der Waals surface area contributed by atoms with Crippen molar-refractivity contribution in [2.45, 2.75) is 52.0 Å². The lowest BCUT2D eigenvalue weighted by molar-refractivity contribution is -0.130. The number of rotatable bonds is 10. The number of nitrogens with zero attached hydrogens (tertiary/aromatic N) is 1. The highest BCUT2D eigenvalue weighted by molar-refractivity contribution is 5.76. The summed E-state index contributed by atoms with van der Waals surface area (Å²) in [6, 6.07) is 6.06. The van der Waals surface area contributed by atoms with E-state index in [1.807, 2.05) is 17.0 Å². The van der Waals surface area contributed by atoms with E-state index in [4.69, 9.17) is 9.47 Å². The molecule has 0 spiro atoms. The molecular formula is C20H32N2O3. The van der Waals surface area contributed by atoms with Gasteiger partial charge in [0.05, 0.1) is 13.7 Å². The van der Waals surface area contributed by atoms with Gasteiger partial charge in [0.2, 0.25) is 5.91 Å². The fourth-order valence-corrected chi connectivity index (χ4v) is 2.99. The van der Waals surface area contributed by atoms with Crippen molar-refractivity contribution in [2.24, 2.45) is 0 Å². The Kier molecular flexibility index (Phi) is 8.60. The second kappa shape index (κ2) is 11.0. The van der Waals surface area contributed by atoms with Gasteiger partial charge in [-0.3, -0.25) is 4.79 Å². The minimum atomic E-state index is 0.301. The van der Waals surface area contributed by atoms with Crippen LogP contribution in [0.5, 0.6) is 11.5 Å². The van der Waals surface area contributed by atoms with Crippen molar-refractivity contribution >= 4 is 5.91 Å². The minimum absolute atomic E-state index is 0.301. The highest BCUT2D eigenvalue weighted by Crippen LogP contribution is 2.28. The van der Waals surface area contributed by atoms with Crippen molar-refractivity contribution in [3.8, 4) is 11.5 Å². The second-order valence-electron chi connectivity index (χ2n) is 6.56. The van der Waals surface area contributed by atoms with Crippen molar-refractivity contribution in [3.05, 3.63) is 23.8 Å². The first-order valence-corrected chi connectivity index (χ1v) is 9.52. The molecule has 0 aliphatic carbocycles. The normalized spacial score (nSPS) is 15.1. The molecule has 140 valence electrons. The number of methoxy groups -OCH3 is 1. The van der Waals surface area contributed by atoms with Crippen LogP contribution in [0.2, 0.25) is 0 Å². The quantitative estimate of drug-likeness (QED) is 0.659. The Morgan fingerprint density at radius 3 is 2.88 bits per heavy atom. The van der Waals surface area contributed by atoms with Crippen molar-refractivity contribution in [1.29, 1.82) is 0 Å². The summed E-state index contributed by atoms with van der Waals surface area (Å²) in [6.07, 6.45) is 6.20. The molecule has 0 atom stereocenters. The topological polar surface area (TPSA) is 50.8 Å². The summed E-state index contributed by atoms with van der Waals surface area (Å²) in [5.41, 5.74) is 1.15. The Bertz CT molecular complexity index is 534. The zero-order valence-electron chi connectivity index (χ0n) is 15.7. The molecule has 5 nitrogen and oxygen atoms in total. The Morgan fingerprint density at radius 2 is 2.08 bits per heavy atom. The lowest BCUT2D eigenvalue weighted by atomic mass is 10.2. The molecule has 0 aromatic heterocycles. The number of nitrogens with one attached hydrogen (secondary N) is 1. The molecular weight excluding hydrogens is 316 g/mol. The number of hydrogen-bond donors (Lipinski definition) is 1. The van der Waals surface area contributed by atoms with Gasteiger partial charge in [-0.25, -0.2) is 0 Å². The third kappa shape index (κ3) is 6.58. The van der Waals surface area contributed by atoms with Crippen molar-refractivity contribution in [3.63, 3.8) is 0 Å². The van der Waals surface area contributed by atoms with E-state index in [0.29, 0.717) is 18.9 Å². The van der Waals surface area contributed by atoms with E-state index >= 15 is 0 Å². The zero-order valence-corrected chi connectivity index (χ0v) is 15.7. The van der Waals surface area contributed by atoms with E-state index < -0.39 is 0 Å². The Balaban J connectivity index is 1.77. The first-order chi connectivity index (χ1) is 12.2. The van der Waals surface area contributed by atoms with Crippen LogP contribution >= 0.6 is 0 Å². The van der Waals surface area contributed by atoms with Crippen molar-refractivity contribution in [1.82, 2.24) is 10.2 Å². The minimum Gasteiger partial charge on any atom is -0.493 e. The highest BCUT2D eigenvalue weighted by atomic mass is 16.5. The molecule has 25 heavy (non-hydrogen) atoms. The maximum absolute atomic E-state index is 12.0. The number of likely N-dealkylation sites (tertiary alicyclic amines) is 1. The second-order valence-corrected chi connectivity index (χ2v) is 6.56. The fraction of sp³-hybridized carbons (Fsp3) is 0.650. The maximum Gasteiger partial charge on any atom is 0.222 e. The number of unbranched alkanes of at least 4 members (excludes halogenated alkanes) is 1. The molecule has 1 N–H and O–H groups in total. The molecule has 1 aliphatic heterocycles. The Labute approximate surface area is 151 Å². The summed E-state index contributed by atoms with van der Waals surface area (Å²) in [7, 11) is 1.67. The predicted molar refractivity (Wildman–Crippen MR) is 100 cm³/mol. The fourth-order valence-electron chi connectivity index (χ4n) is 2.99. The molecule has 0 bridgehead atoms. The average Bonchev–Trinajstić information content (AvgIpc) is 2.84. The van der Waals surface area contributed by atoms with Gasteiger partial charge >= 0.3 is 0 Å². The van der Waals surface area contributed by atoms with Gasteiger partial charge in [0.25, 0.3) is 0 Å². The third-order valence-corrected chi connectivity index (χ3v) is 4.54. The molecule has 0 unspecified atom stereocenters. The Morgan fingerprint density at radius 1 is 1.20 bits per heavy atom. The van der Waals surface area contributed by atoms with Crippen molar-refractivity contribution in [2.75, 3.05) is 33.4 Å². The number of carbonyl (C=O) groups excluding carboxylic acids is 1. The summed E-state index contributed by atoms with van der Waals surface area (Å²) in [4.78, 5) is 14.0. The standard InChI is InChI=1S/C20H32N2O3/c1-3-4-14-25-18-10-9-17(15-19(18)24-2)16-21-11-13-22-12-7-5-6-8-20(22)23/h9-10,15,21H,3-8,11-14,16H2,1-2H3. The molecule has 1 aromatic rings. The van der Waals surface area contributed by atoms with Gasteiger partial charge in [0.15, 0.2) is 11.5 Å². The van der Waals surface area contributed by atoms with E-state index in [1.54, 1.807) is 7.11 Å². The Hall–Kier alpha value is -1.75. The number of benzene rings is 1. The van der Waals surface area contributed by atoms with Gasteiger partial charge in [-0.05, 0) is 37.0 Å². The van der Waals surface area contributed by atoms with E-state index in [2.05, 4.69) is 18.3 Å². The number of amides is 1. The lowest BCUT2D eigenvalue weighted by Gasteiger charge is -2.20. The van der Waals surface area contributed by atoms with Gasteiger partial charge in [-0.15, -0.1) is 0 Å². The van der Waals surface area contributed by atoms with Crippen LogP contribution in [0.3, 0.4) is 0 Å². The highest BCUT2D eigenvalue weighted by Gasteiger charge is 2.15. The summed E-state index contributed by atoms with van der Waals surface area (Å²) in [5.74, 6) is 1.88.